The summed E-state index contributed by atoms with van der Waals surface area (Å²) in [6.45, 7) is 11.1. The number of likely N-dealkylation sites (tertiary alicyclic amines) is 1. The zero-order valence-electron chi connectivity index (χ0n) is 37.1. The first-order valence-corrected chi connectivity index (χ1v) is 22.1. The first kappa shape index (κ1) is 46.9. The van der Waals surface area contributed by atoms with Crippen LogP contribution in [0.15, 0.2) is 71.7 Å². The summed E-state index contributed by atoms with van der Waals surface area (Å²) in [6.07, 6.45) is 3.18. The van der Waals surface area contributed by atoms with E-state index < -0.39 is 29.3 Å². The Hall–Kier alpha value is -6.64. The molecule has 6 N–H and O–H groups in total. The molecule has 2 aromatic heterocycles. The number of nitrogens with one attached hydrogen (secondary N) is 4. The third-order valence-corrected chi connectivity index (χ3v) is 12.5. The van der Waals surface area contributed by atoms with Crippen molar-refractivity contribution in [1.82, 2.24) is 25.5 Å². The number of aryl methyl sites for hydroxylation is 1. The predicted octanol–water partition coefficient (Wildman–Crippen LogP) is 6.00. The molecule has 0 saturated carbocycles. The van der Waals surface area contributed by atoms with E-state index in [1.54, 1.807) is 34.4 Å². The molecule has 2 aromatic carbocycles. The van der Waals surface area contributed by atoms with Crippen molar-refractivity contribution in [1.29, 1.82) is 10.7 Å². The van der Waals surface area contributed by atoms with Gasteiger partial charge in [0.15, 0.2) is 0 Å². The number of allylic oxidation sites excluding steroid dienone is 1. The Bertz CT molecular complexity index is 2430. The molecule has 4 aromatic rings. The smallest absolute Gasteiger partial charge is 0.274 e. The second kappa shape index (κ2) is 20.7. The van der Waals surface area contributed by atoms with Crippen LogP contribution in [0.2, 0.25) is 0 Å². The molecule has 2 aliphatic rings. The van der Waals surface area contributed by atoms with E-state index in [0.29, 0.717) is 56.8 Å². The van der Waals surface area contributed by atoms with Crippen molar-refractivity contribution < 1.29 is 28.7 Å². The van der Waals surface area contributed by atoms with Gasteiger partial charge in [-0.2, -0.15) is 5.26 Å². The topological polar surface area (TPSA) is 229 Å². The summed E-state index contributed by atoms with van der Waals surface area (Å²) < 4.78 is 11.7. The van der Waals surface area contributed by atoms with E-state index in [1.807, 2.05) is 82.6 Å². The Morgan fingerprint density at radius 3 is 2.39 bits per heavy atom. The molecule has 6 rings (SSSR count). The number of anilines is 2. The van der Waals surface area contributed by atoms with Crippen molar-refractivity contribution in [2.24, 2.45) is 11.1 Å². The fourth-order valence-corrected chi connectivity index (χ4v) is 8.69. The number of carbonyl (C=O) groups excluding carboxylic acids is 4. The Kier molecular flexibility index (Phi) is 15.1. The summed E-state index contributed by atoms with van der Waals surface area (Å²) >= 11 is 1.59. The van der Waals surface area contributed by atoms with E-state index in [4.69, 9.17) is 20.6 Å². The molecular weight excluding hydrogens is 833 g/mol. The number of nitriles is 1. The maximum absolute atomic E-state index is 14.1. The molecule has 64 heavy (non-hydrogen) atoms. The van der Waals surface area contributed by atoms with Crippen molar-refractivity contribution in [2.75, 3.05) is 43.6 Å². The van der Waals surface area contributed by atoms with Crippen molar-refractivity contribution in [3.63, 3.8) is 0 Å². The molecule has 16 nitrogen and oxygen atoms in total. The van der Waals surface area contributed by atoms with Gasteiger partial charge in [-0.15, -0.1) is 11.3 Å². The molecule has 336 valence electrons. The summed E-state index contributed by atoms with van der Waals surface area (Å²) in [6, 6.07) is 18.3. The van der Waals surface area contributed by atoms with Crippen LogP contribution in [0.3, 0.4) is 0 Å². The second-order valence-corrected chi connectivity index (χ2v) is 17.9. The van der Waals surface area contributed by atoms with Crippen LogP contribution in [0.5, 0.6) is 5.75 Å². The number of aromatic nitrogens is 2. The summed E-state index contributed by atoms with van der Waals surface area (Å²) in [5.41, 5.74) is 11.7. The number of piperidine rings is 1. The van der Waals surface area contributed by atoms with Crippen LogP contribution in [0, 0.1) is 29.1 Å². The van der Waals surface area contributed by atoms with E-state index >= 15 is 0 Å². The van der Waals surface area contributed by atoms with Gasteiger partial charge in [0.2, 0.25) is 17.7 Å². The van der Waals surface area contributed by atoms with Gasteiger partial charge in [-0.1, -0.05) is 51.1 Å². The minimum absolute atomic E-state index is 0.00486. The summed E-state index contributed by atoms with van der Waals surface area (Å²) in [7, 11) is 1.51. The lowest BCUT2D eigenvalue weighted by Gasteiger charge is -2.36. The number of nitrogens with zero attached hydrogens (tertiary/aromatic N) is 5. The van der Waals surface area contributed by atoms with Gasteiger partial charge >= 0.3 is 0 Å². The lowest BCUT2D eigenvalue weighted by atomic mass is 9.85. The molecular formula is C47H56N10O6S. The number of carbonyl (C=O) groups is 4. The van der Waals surface area contributed by atoms with Crippen molar-refractivity contribution in [2.45, 2.75) is 84.5 Å². The first-order valence-electron chi connectivity index (χ1n) is 21.3. The zero-order valence-corrected chi connectivity index (χ0v) is 37.9. The van der Waals surface area contributed by atoms with Crippen LogP contribution in [0.25, 0.3) is 16.1 Å². The summed E-state index contributed by atoms with van der Waals surface area (Å²) in [4.78, 5) is 67.9. The zero-order chi connectivity index (χ0) is 46.1. The third-order valence-electron chi connectivity index (χ3n) is 11.5. The largest absolute Gasteiger partial charge is 0.494 e. The fourth-order valence-electron chi connectivity index (χ4n) is 7.88. The van der Waals surface area contributed by atoms with Gasteiger partial charge in [0.05, 0.1) is 58.0 Å². The Labute approximate surface area is 377 Å². The van der Waals surface area contributed by atoms with Crippen molar-refractivity contribution in [3.05, 3.63) is 94.4 Å². The number of hydrogen-bond donors (Lipinski definition) is 5. The molecule has 2 fully saturated rings. The molecule has 3 atom stereocenters. The second-order valence-electron chi connectivity index (χ2n) is 17.0. The van der Waals surface area contributed by atoms with Crippen molar-refractivity contribution >= 4 is 58.3 Å². The van der Waals surface area contributed by atoms with E-state index in [0.717, 1.165) is 33.6 Å². The number of rotatable bonds is 15. The maximum atomic E-state index is 14.1. The van der Waals surface area contributed by atoms with Crippen LogP contribution in [0.4, 0.5) is 11.4 Å². The highest BCUT2D eigenvalue weighted by Gasteiger charge is 2.42. The molecule has 0 aliphatic carbocycles. The van der Waals surface area contributed by atoms with Gasteiger partial charge in [-0.3, -0.25) is 19.2 Å². The van der Waals surface area contributed by atoms with E-state index in [2.05, 4.69) is 30.8 Å². The molecule has 4 amide bonds. The Morgan fingerprint density at radius 1 is 1.03 bits per heavy atom. The highest BCUT2D eigenvalue weighted by molar-refractivity contribution is 7.13. The van der Waals surface area contributed by atoms with Crippen LogP contribution < -0.4 is 31.3 Å². The Balaban J connectivity index is 0.989. The SMILES string of the molecule is COc1cc(N2CCC(OCC(=O)N[C@H](C(=O)N3CCC[C@H]3C(=O)N[C@@H](C)c3ccc(-c4scnc4C)cc3)C(C)(C)C)CC2)ccc1NC(=O)c1cccc(/C(N)=C(\C#N)C=N)n1. The Morgan fingerprint density at radius 2 is 1.75 bits per heavy atom. The first-order chi connectivity index (χ1) is 30.6. The number of methoxy groups -OCH3 is 1. The molecule has 17 heteroatoms. The molecule has 0 spiro atoms. The number of thiazole rings is 1. The van der Waals surface area contributed by atoms with Crippen LogP contribution in [-0.2, 0) is 19.1 Å². The highest BCUT2D eigenvalue weighted by Crippen LogP contribution is 2.33. The predicted molar refractivity (Wildman–Crippen MR) is 247 cm³/mol. The highest BCUT2D eigenvalue weighted by atomic mass is 32.1. The lowest BCUT2D eigenvalue weighted by molar-refractivity contribution is -0.145. The van der Waals surface area contributed by atoms with Crippen LogP contribution in [-0.4, -0.2) is 96.2 Å². The molecule has 2 saturated heterocycles. The fraction of sp³-hybridized carbons (Fsp3) is 0.404. The minimum Gasteiger partial charge on any atom is -0.494 e. The van der Waals surface area contributed by atoms with Gasteiger partial charge in [0.25, 0.3) is 5.91 Å². The monoisotopic (exact) mass is 888 g/mol. The number of amides is 4. The van der Waals surface area contributed by atoms with Crippen LogP contribution >= 0.6 is 11.3 Å². The average molecular weight is 889 g/mol. The standard InChI is InChI=1S/C47H56N10O6S/c1-28(30-12-14-31(15-13-30)42-29(2)51-27-64-42)52-45(60)38-11-8-20-57(38)46(61)43(47(3,4)5)55-40(58)26-63-34-18-21-56(22-19-34)33-16-17-35(39(23-33)62-6)54-44(59)37-10-7-9-36(53-37)41(50)32(24-48)25-49/h7,9-10,12-17,23-24,27-28,34,38,43,48H,8,11,18-22,26,50H2,1-6H3,(H,52,60)(H,54,59)(H,55,58)/b41-32+,48-24?/t28-,38-,43+/m0/s1. The molecule has 0 radical (unpaired) electrons. The van der Waals surface area contributed by atoms with Crippen molar-refractivity contribution in [3.8, 4) is 22.3 Å². The minimum atomic E-state index is -0.866. The molecule has 0 unspecified atom stereocenters. The number of pyridine rings is 1. The summed E-state index contributed by atoms with van der Waals surface area (Å²) in [5, 5.41) is 25.5. The average Bonchev–Trinajstić information content (AvgIpc) is 3.97. The lowest BCUT2D eigenvalue weighted by Crippen LogP contribution is -2.58. The normalized spacial score (nSPS) is 16.8. The number of hydrogen-bond acceptors (Lipinski definition) is 13. The van der Waals surface area contributed by atoms with Gasteiger partial charge in [-0.05, 0) is 80.3 Å². The van der Waals surface area contributed by atoms with Gasteiger partial charge in [0.1, 0.15) is 36.2 Å². The quantitative estimate of drug-likeness (QED) is 0.0687. The van der Waals surface area contributed by atoms with E-state index in [-0.39, 0.29) is 53.2 Å². The maximum Gasteiger partial charge on any atom is 0.274 e. The van der Waals surface area contributed by atoms with E-state index in [1.165, 1.54) is 13.2 Å². The molecule has 0 bridgehead atoms. The molecule has 4 heterocycles. The number of ether oxygens (including phenoxy) is 2. The number of benzene rings is 2. The van der Waals surface area contributed by atoms with Crippen LogP contribution in [0.1, 0.15) is 86.9 Å². The number of nitrogens with two attached hydrogens (primary N) is 1. The van der Waals surface area contributed by atoms with E-state index in [9.17, 15) is 24.4 Å². The van der Waals surface area contributed by atoms with Gasteiger partial charge < -0.3 is 46.4 Å². The van der Waals surface area contributed by atoms with Gasteiger partial charge in [0, 0.05) is 37.6 Å². The van der Waals surface area contributed by atoms with Gasteiger partial charge in [-0.25, -0.2) is 9.97 Å². The molecule has 2 aliphatic heterocycles. The summed E-state index contributed by atoms with van der Waals surface area (Å²) in [5.74, 6) is -0.978. The third kappa shape index (κ3) is 11.1.